The molecule has 3 amide bonds. The van der Waals surface area contributed by atoms with Crippen LogP contribution in [0.25, 0.3) is 6.08 Å². The SMILES string of the molecule is O=C(CN1C(=O)/C(=C\c2cccs2)SC1=S)NNC(=O)c1ccc(OCc2ccccc2)cc1. The summed E-state index contributed by atoms with van der Waals surface area (Å²) >= 11 is 7.88. The van der Waals surface area contributed by atoms with Gasteiger partial charge in [0.05, 0.1) is 4.91 Å². The molecule has 0 bridgehead atoms. The number of nitrogens with zero attached hydrogens (tertiary/aromatic N) is 1. The summed E-state index contributed by atoms with van der Waals surface area (Å²) in [5.74, 6) is -0.777. The van der Waals surface area contributed by atoms with Crippen molar-refractivity contribution < 1.29 is 19.1 Å². The third kappa shape index (κ3) is 6.10. The predicted octanol–water partition coefficient (Wildman–Crippen LogP) is 3.99. The highest BCUT2D eigenvalue weighted by atomic mass is 32.2. The second-order valence-corrected chi connectivity index (χ2v) is 9.74. The molecule has 34 heavy (non-hydrogen) atoms. The molecule has 2 N–H and O–H groups in total. The Kier molecular flexibility index (Phi) is 7.73. The van der Waals surface area contributed by atoms with Crippen LogP contribution in [0.2, 0.25) is 0 Å². The Labute approximate surface area is 209 Å². The average Bonchev–Trinajstić information content (AvgIpc) is 3.46. The van der Waals surface area contributed by atoms with Crippen molar-refractivity contribution in [2.24, 2.45) is 0 Å². The average molecular weight is 510 g/mol. The Hall–Kier alpha value is -3.47. The maximum atomic E-state index is 12.6. The summed E-state index contributed by atoms with van der Waals surface area (Å²) in [5, 5.41) is 1.91. The molecule has 1 fully saturated rings. The minimum Gasteiger partial charge on any atom is -0.489 e. The first-order valence-corrected chi connectivity index (χ1v) is 12.2. The molecular formula is C24H19N3O4S3. The number of hydrogen-bond donors (Lipinski definition) is 2. The molecule has 1 aliphatic rings. The van der Waals surface area contributed by atoms with E-state index >= 15 is 0 Å². The summed E-state index contributed by atoms with van der Waals surface area (Å²) in [6, 6.07) is 20.1. The number of ether oxygens (including phenoxy) is 1. The van der Waals surface area contributed by atoms with Crippen LogP contribution in [0.5, 0.6) is 5.75 Å². The zero-order valence-corrected chi connectivity index (χ0v) is 20.2. The summed E-state index contributed by atoms with van der Waals surface area (Å²) in [5.41, 5.74) is 6.05. The number of carbonyl (C=O) groups excluding carboxylic acids is 3. The van der Waals surface area contributed by atoms with Gasteiger partial charge < -0.3 is 4.74 Å². The van der Waals surface area contributed by atoms with Gasteiger partial charge in [-0.1, -0.05) is 60.4 Å². The summed E-state index contributed by atoms with van der Waals surface area (Å²) in [6.07, 6.45) is 1.75. The van der Waals surface area contributed by atoms with Crippen LogP contribution < -0.4 is 15.6 Å². The van der Waals surface area contributed by atoms with Crippen molar-refractivity contribution in [2.45, 2.75) is 6.61 Å². The summed E-state index contributed by atoms with van der Waals surface area (Å²) in [4.78, 5) is 39.8. The molecule has 2 heterocycles. The van der Waals surface area contributed by atoms with Crippen LogP contribution >= 0.6 is 35.3 Å². The maximum Gasteiger partial charge on any atom is 0.269 e. The van der Waals surface area contributed by atoms with E-state index in [-0.39, 0.29) is 12.5 Å². The molecule has 1 aromatic heterocycles. The third-order valence-electron chi connectivity index (χ3n) is 4.67. The van der Waals surface area contributed by atoms with Gasteiger partial charge in [-0.2, -0.15) is 0 Å². The largest absolute Gasteiger partial charge is 0.489 e. The van der Waals surface area contributed by atoms with Crippen LogP contribution in [0.15, 0.2) is 77.0 Å². The molecular weight excluding hydrogens is 490 g/mol. The van der Waals surface area contributed by atoms with Crippen LogP contribution in [-0.2, 0) is 16.2 Å². The van der Waals surface area contributed by atoms with Gasteiger partial charge in [-0.05, 0) is 47.4 Å². The van der Waals surface area contributed by atoms with Crippen molar-refractivity contribution in [3.8, 4) is 5.75 Å². The van der Waals surface area contributed by atoms with E-state index in [1.807, 2.05) is 47.8 Å². The fraction of sp³-hybridized carbons (Fsp3) is 0.0833. The molecule has 172 valence electrons. The van der Waals surface area contributed by atoms with E-state index in [2.05, 4.69) is 10.9 Å². The second kappa shape index (κ2) is 11.1. The Bertz CT molecular complexity index is 1230. The monoisotopic (exact) mass is 509 g/mol. The highest BCUT2D eigenvalue weighted by molar-refractivity contribution is 8.26. The van der Waals surface area contributed by atoms with Gasteiger partial charge in [0.15, 0.2) is 0 Å². The van der Waals surface area contributed by atoms with E-state index < -0.39 is 11.8 Å². The number of thiophene rings is 1. The molecule has 7 nitrogen and oxygen atoms in total. The molecule has 0 aliphatic carbocycles. The molecule has 1 aliphatic heterocycles. The molecule has 0 spiro atoms. The number of hydrazine groups is 1. The zero-order chi connectivity index (χ0) is 23.9. The standard InChI is InChI=1S/C24H19N3O4S3/c28-21(14-27-23(30)20(34-24(27)32)13-19-7-4-12-33-19)25-26-22(29)17-8-10-18(11-9-17)31-15-16-5-2-1-3-6-16/h1-13H,14-15H2,(H,25,28)(H,26,29)/b20-13+. The molecule has 10 heteroatoms. The lowest BCUT2D eigenvalue weighted by Gasteiger charge is -2.14. The Balaban J connectivity index is 1.25. The van der Waals surface area contributed by atoms with Gasteiger partial charge in [0.2, 0.25) is 0 Å². The number of benzene rings is 2. The molecule has 2 aromatic carbocycles. The fourth-order valence-corrected chi connectivity index (χ4v) is 4.94. The maximum absolute atomic E-state index is 12.6. The normalized spacial score (nSPS) is 14.4. The van der Waals surface area contributed by atoms with Crippen molar-refractivity contribution in [2.75, 3.05) is 6.54 Å². The van der Waals surface area contributed by atoms with E-state index in [0.717, 1.165) is 22.2 Å². The molecule has 0 radical (unpaired) electrons. The lowest BCUT2D eigenvalue weighted by atomic mass is 10.2. The molecule has 0 saturated carbocycles. The molecule has 0 atom stereocenters. The van der Waals surface area contributed by atoms with Gasteiger partial charge in [-0.15, -0.1) is 11.3 Å². The lowest BCUT2D eigenvalue weighted by Crippen LogP contribution is -2.47. The first-order chi connectivity index (χ1) is 16.5. The smallest absolute Gasteiger partial charge is 0.269 e. The van der Waals surface area contributed by atoms with Crippen LogP contribution in [0.1, 0.15) is 20.8 Å². The fourth-order valence-electron chi connectivity index (χ4n) is 2.96. The minimum absolute atomic E-state index is 0.292. The number of carbonyl (C=O) groups is 3. The van der Waals surface area contributed by atoms with Gasteiger partial charge in [-0.3, -0.25) is 30.1 Å². The van der Waals surface area contributed by atoms with E-state index in [9.17, 15) is 14.4 Å². The highest BCUT2D eigenvalue weighted by Crippen LogP contribution is 2.33. The van der Waals surface area contributed by atoms with E-state index in [0.29, 0.717) is 27.1 Å². The summed E-state index contributed by atoms with van der Waals surface area (Å²) in [7, 11) is 0. The van der Waals surface area contributed by atoms with Gasteiger partial charge in [0.25, 0.3) is 17.7 Å². The van der Waals surface area contributed by atoms with Crippen molar-refractivity contribution in [1.82, 2.24) is 15.8 Å². The van der Waals surface area contributed by atoms with Crippen molar-refractivity contribution >= 4 is 63.4 Å². The van der Waals surface area contributed by atoms with Gasteiger partial charge in [-0.25, -0.2) is 0 Å². The first-order valence-electron chi connectivity index (χ1n) is 10.1. The van der Waals surface area contributed by atoms with Crippen molar-refractivity contribution in [1.29, 1.82) is 0 Å². The summed E-state index contributed by atoms with van der Waals surface area (Å²) in [6.45, 7) is 0.126. The van der Waals surface area contributed by atoms with Crippen molar-refractivity contribution in [3.05, 3.63) is 93.0 Å². The van der Waals surface area contributed by atoms with Crippen LogP contribution in [0.4, 0.5) is 0 Å². The third-order valence-corrected chi connectivity index (χ3v) is 6.87. The number of rotatable bonds is 7. The number of hydrogen-bond acceptors (Lipinski definition) is 7. The van der Waals surface area contributed by atoms with E-state index in [1.54, 1.807) is 30.3 Å². The van der Waals surface area contributed by atoms with Crippen LogP contribution in [0, 0.1) is 0 Å². The molecule has 1 saturated heterocycles. The molecule has 3 aromatic rings. The van der Waals surface area contributed by atoms with Gasteiger partial charge in [0, 0.05) is 10.4 Å². The predicted molar refractivity (Wildman–Crippen MR) is 137 cm³/mol. The first kappa shape index (κ1) is 23.7. The van der Waals surface area contributed by atoms with E-state index in [1.165, 1.54) is 16.2 Å². The molecule has 4 rings (SSSR count). The van der Waals surface area contributed by atoms with Crippen LogP contribution in [-0.4, -0.2) is 33.5 Å². The number of nitrogens with one attached hydrogen (secondary N) is 2. The van der Waals surface area contributed by atoms with Gasteiger partial charge in [0.1, 0.15) is 23.2 Å². The van der Waals surface area contributed by atoms with Gasteiger partial charge >= 0.3 is 0 Å². The zero-order valence-electron chi connectivity index (χ0n) is 17.7. The van der Waals surface area contributed by atoms with Crippen molar-refractivity contribution in [3.63, 3.8) is 0 Å². The minimum atomic E-state index is -0.565. The summed E-state index contributed by atoms with van der Waals surface area (Å²) < 4.78 is 6.00. The van der Waals surface area contributed by atoms with E-state index in [4.69, 9.17) is 17.0 Å². The second-order valence-electron chi connectivity index (χ2n) is 7.08. The topological polar surface area (TPSA) is 87.7 Å². The number of thiocarbonyl (C=S) groups is 1. The number of amides is 3. The Morgan fingerprint density at radius 2 is 1.76 bits per heavy atom. The Morgan fingerprint density at radius 3 is 2.47 bits per heavy atom. The highest BCUT2D eigenvalue weighted by Gasteiger charge is 2.33. The lowest BCUT2D eigenvalue weighted by molar-refractivity contribution is -0.129. The Morgan fingerprint density at radius 1 is 1.00 bits per heavy atom. The molecule has 0 unspecified atom stereocenters. The number of thioether (sulfide) groups is 1. The van der Waals surface area contributed by atoms with Crippen LogP contribution in [0.3, 0.4) is 0 Å². The quantitative estimate of drug-likeness (QED) is 0.285.